The average molecular weight is 231 g/mol. The normalized spacial score (nSPS) is 10.1. The molecule has 0 aliphatic carbocycles. The summed E-state index contributed by atoms with van der Waals surface area (Å²) >= 11 is 0. The lowest BCUT2D eigenvalue weighted by atomic mass is 10.2. The van der Waals surface area contributed by atoms with E-state index in [9.17, 15) is 10.2 Å². The molecule has 0 radical (unpaired) electrons. The molecule has 17 heavy (non-hydrogen) atoms. The number of nitrogens with two attached hydrogens (primary N) is 2. The number of rotatable bonds is 2. The number of hydrogen-bond donors (Lipinski definition) is 5. The van der Waals surface area contributed by atoms with E-state index in [1.54, 1.807) is 18.2 Å². The lowest BCUT2D eigenvalue weighted by molar-refractivity contribution is 0.475. The Morgan fingerprint density at radius 1 is 0.882 bits per heavy atom. The van der Waals surface area contributed by atoms with Gasteiger partial charge in [0, 0.05) is 17.8 Å². The van der Waals surface area contributed by atoms with E-state index in [-0.39, 0.29) is 11.5 Å². The summed E-state index contributed by atoms with van der Waals surface area (Å²) in [6.45, 7) is 0. The molecule has 0 aromatic heterocycles. The summed E-state index contributed by atoms with van der Waals surface area (Å²) in [4.78, 5) is 0. The zero-order chi connectivity index (χ0) is 12.4. The highest BCUT2D eigenvalue weighted by molar-refractivity contribution is 5.75. The van der Waals surface area contributed by atoms with Crippen molar-refractivity contribution in [3.8, 4) is 11.5 Å². The van der Waals surface area contributed by atoms with Gasteiger partial charge in [0.15, 0.2) is 0 Å². The summed E-state index contributed by atoms with van der Waals surface area (Å²) in [5.74, 6) is 0.107. The molecule has 2 aromatic carbocycles. The minimum Gasteiger partial charge on any atom is -0.508 e. The molecule has 0 bridgehead atoms. The highest BCUT2D eigenvalue weighted by Crippen LogP contribution is 2.30. The molecule has 2 rings (SSSR count). The molecule has 0 aliphatic heterocycles. The number of benzene rings is 2. The lowest BCUT2D eigenvalue weighted by Gasteiger charge is -2.10. The van der Waals surface area contributed by atoms with Crippen molar-refractivity contribution in [3.05, 3.63) is 36.4 Å². The number of anilines is 4. The Hall–Kier alpha value is -2.56. The van der Waals surface area contributed by atoms with E-state index in [2.05, 4.69) is 5.32 Å². The summed E-state index contributed by atoms with van der Waals surface area (Å²) < 4.78 is 0. The van der Waals surface area contributed by atoms with Gasteiger partial charge in [0.05, 0.1) is 17.1 Å². The van der Waals surface area contributed by atoms with Crippen LogP contribution in [0.25, 0.3) is 0 Å². The fraction of sp³-hybridized carbons (Fsp3) is 0. The standard InChI is InChI=1S/C12H13N3O2/c13-9-4-2-8(16)6-11(9)15-7-1-3-10(14)12(17)5-7/h1-6,15-17H,13-14H2. The number of aromatic hydroxyl groups is 2. The van der Waals surface area contributed by atoms with E-state index < -0.39 is 0 Å². The number of hydrogen-bond acceptors (Lipinski definition) is 5. The zero-order valence-electron chi connectivity index (χ0n) is 9.01. The Kier molecular flexibility index (Phi) is 2.66. The average Bonchev–Trinajstić information content (AvgIpc) is 2.29. The van der Waals surface area contributed by atoms with E-state index in [1.165, 1.54) is 18.2 Å². The summed E-state index contributed by atoms with van der Waals surface area (Å²) in [5, 5.41) is 21.8. The molecule has 7 N–H and O–H groups in total. The van der Waals surface area contributed by atoms with Gasteiger partial charge in [-0.2, -0.15) is 0 Å². The molecule has 5 heteroatoms. The maximum atomic E-state index is 9.46. The first-order valence-electron chi connectivity index (χ1n) is 5.00. The van der Waals surface area contributed by atoms with Crippen molar-refractivity contribution in [1.82, 2.24) is 0 Å². The number of nitrogens with one attached hydrogen (secondary N) is 1. The van der Waals surface area contributed by atoms with Crippen molar-refractivity contribution in [3.63, 3.8) is 0 Å². The van der Waals surface area contributed by atoms with E-state index >= 15 is 0 Å². The second kappa shape index (κ2) is 4.13. The third kappa shape index (κ3) is 2.34. The Bertz CT molecular complexity index is 555. The summed E-state index contributed by atoms with van der Waals surface area (Å²) in [7, 11) is 0. The molecule has 2 aromatic rings. The van der Waals surface area contributed by atoms with Crippen LogP contribution >= 0.6 is 0 Å². The van der Waals surface area contributed by atoms with Gasteiger partial charge in [-0.1, -0.05) is 0 Å². The van der Waals surface area contributed by atoms with Crippen LogP contribution in [0, 0.1) is 0 Å². The van der Waals surface area contributed by atoms with Crippen LogP contribution in [0.5, 0.6) is 11.5 Å². The molecule has 5 nitrogen and oxygen atoms in total. The van der Waals surface area contributed by atoms with Crippen LogP contribution < -0.4 is 16.8 Å². The van der Waals surface area contributed by atoms with E-state index in [0.29, 0.717) is 22.7 Å². The van der Waals surface area contributed by atoms with Crippen LogP contribution in [0.3, 0.4) is 0 Å². The number of phenols is 2. The highest BCUT2D eigenvalue weighted by atomic mass is 16.3. The summed E-state index contributed by atoms with van der Waals surface area (Å²) in [5.41, 5.74) is 13.2. The topological polar surface area (TPSA) is 105 Å². The Morgan fingerprint density at radius 2 is 1.59 bits per heavy atom. The molecule has 0 saturated heterocycles. The SMILES string of the molecule is Nc1ccc(Nc2cc(O)ccc2N)cc1O. The zero-order valence-corrected chi connectivity index (χ0v) is 9.01. The maximum Gasteiger partial charge on any atom is 0.140 e. The van der Waals surface area contributed by atoms with E-state index in [4.69, 9.17) is 11.5 Å². The molecule has 0 saturated carbocycles. The Morgan fingerprint density at radius 3 is 2.29 bits per heavy atom. The fourth-order valence-corrected chi connectivity index (χ4v) is 1.43. The van der Waals surface area contributed by atoms with Gasteiger partial charge in [-0.25, -0.2) is 0 Å². The second-order valence-electron chi connectivity index (χ2n) is 3.67. The number of phenolic OH excluding ortho intramolecular Hbond substituents is 2. The van der Waals surface area contributed by atoms with Crippen molar-refractivity contribution in [2.45, 2.75) is 0 Å². The fourth-order valence-electron chi connectivity index (χ4n) is 1.43. The summed E-state index contributed by atoms with van der Waals surface area (Å²) in [6.07, 6.45) is 0. The minimum atomic E-state index is -0.00581. The van der Waals surface area contributed by atoms with Crippen LogP contribution in [-0.4, -0.2) is 10.2 Å². The molecule has 0 fully saturated rings. The third-order valence-corrected chi connectivity index (χ3v) is 2.35. The molecule has 0 heterocycles. The van der Waals surface area contributed by atoms with E-state index in [1.807, 2.05) is 0 Å². The van der Waals surface area contributed by atoms with E-state index in [0.717, 1.165) is 0 Å². The van der Waals surface area contributed by atoms with Gasteiger partial charge >= 0.3 is 0 Å². The van der Waals surface area contributed by atoms with Crippen molar-refractivity contribution >= 4 is 22.7 Å². The van der Waals surface area contributed by atoms with Gasteiger partial charge in [0.25, 0.3) is 0 Å². The quantitative estimate of drug-likeness (QED) is 0.309. The van der Waals surface area contributed by atoms with Crippen molar-refractivity contribution in [1.29, 1.82) is 0 Å². The van der Waals surface area contributed by atoms with Crippen molar-refractivity contribution in [2.24, 2.45) is 0 Å². The molecule has 0 aliphatic rings. The van der Waals surface area contributed by atoms with Crippen LogP contribution in [0.4, 0.5) is 22.7 Å². The minimum absolute atomic E-state index is 0.00581. The number of nitrogen functional groups attached to an aromatic ring is 2. The Balaban J connectivity index is 2.31. The molecule has 0 amide bonds. The van der Waals surface area contributed by atoms with Crippen LogP contribution in [0.1, 0.15) is 0 Å². The van der Waals surface area contributed by atoms with Gasteiger partial charge in [-0.05, 0) is 24.3 Å². The molecular formula is C12H13N3O2. The first-order chi connectivity index (χ1) is 8.06. The maximum absolute atomic E-state index is 9.46. The first-order valence-corrected chi connectivity index (χ1v) is 5.00. The molecule has 0 unspecified atom stereocenters. The van der Waals surface area contributed by atoms with Gasteiger partial charge in [-0.15, -0.1) is 0 Å². The molecule has 0 spiro atoms. The van der Waals surface area contributed by atoms with Crippen LogP contribution in [-0.2, 0) is 0 Å². The third-order valence-electron chi connectivity index (χ3n) is 2.35. The van der Waals surface area contributed by atoms with Gasteiger partial charge in [-0.3, -0.25) is 0 Å². The second-order valence-corrected chi connectivity index (χ2v) is 3.67. The smallest absolute Gasteiger partial charge is 0.140 e. The van der Waals surface area contributed by atoms with Crippen molar-refractivity contribution < 1.29 is 10.2 Å². The monoisotopic (exact) mass is 231 g/mol. The predicted octanol–water partition coefficient (Wildman–Crippen LogP) is 2.01. The molecule has 0 atom stereocenters. The first kappa shape index (κ1) is 10.9. The predicted molar refractivity (Wildman–Crippen MR) is 68.3 cm³/mol. The summed E-state index contributed by atoms with van der Waals surface area (Å²) in [6, 6.07) is 9.37. The van der Waals surface area contributed by atoms with Gasteiger partial charge < -0.3 is 27.0 Å². The molecular weight excluding hydrogens is 218 g/mol. The highest BCUT2D eigenvalue weighted by Gasteiger charge is 2.03. The van der Waals surface area contributed by atoms with Crippen molar-refractivity contribution in [2.75, 3.05) is 16.8 Å². The lowest BCUT2D eigenvalue weighted by Crippen LogP contribution is -1.96. The van der Waals surface area contributed by atoms with Gasteiger partial charge in [0.2, 0.25) is 0 Å². The van der Waals surface area contributed by atoms with Crippen LogP contribution in [0.2, 0.25) is 0 Å². The van der Waals surface area contributed by atoms with Crippen LogP contribution in [0.15, 0.2) is 36.4 Å². The largest absolute Gasteiger partial charge is 0.508 e. The Labute approximate surface area is 98.3 Å². The van der Waals surface area contributed by atoms with Gasteiger partial charge in [0.1, 0.15) is 11.5 Å². The molecule has 88 valence electrons.